The number of hydrogen-bond donors (Lipinski definition) is 2. The fraction of sp³-hybridized carbons (Fsp3) is 0.211. The highest BCUT2D eigenvalue weighted by Crippen LogP contribution is 2.23. The van der Waals surface area contributed by atoms with Crippen molar-refractivity contribution in [1.29, 1.82) is 0 Å². The van der Waals surface area contributed by atoms with Gasteiger partial charge < -0.3 is 10.6 Å². The van der Waals surface area contributed by atoms with E-state index in [-0.39, 0.29) is 18.2 Å². The summed E-state index contributed by atoms with van der Waals surface area (Å²) in [5.74, 6) is -0.337. The van der Waals surface area contributed by atoms with Crippen LogP contribution in [0.3, 0.4) is 0 Å². The molecule has 3 rings (SSSR count). The number of carbonyl (C=O) groups is 2. The van der Waals surface area contributed by atoms with Crippen molar-refractivity contribution in [3.05, 3.63) is 66.2 Å². The van der Waals surface area contributed by atoms with Gasteiger partial charge in [-0.15, -0.1) is 0 Å². The van der Waals surface area contributed by atoms with Gasteiger partial charge in [0.25, 0.3) is 0 Å². The average Bonchev–Trinajstić information content (AvgIpc) is 2.96. The first kappa shape index (κ1) is 17.2. The molecule has 25 heavy (non-hydrogen) atoms. The topological polar surface area (TPSA) is 70.6 Å². The van der Waals surface area contributed by atoms with E-state index in [1.807, 2.05) is 48.5 Å². The number of amidine groups is 1. The summed E-state index contributed by atoms with van der Waals surface area (Å²) >= 11 is 1.32. The summed E-state index contributed by atoms with van der Waals surface area (Å²) in [7, 11) is 0. The van der Waals surface area contributed by atoms with E-state index in [1.54, 1.807) is 0 Å². The van der Waals surface area contributed by atoms with E-state index >= 15 is 0 Å². The van der Waals surface area contributed by atoms with Crippen LogP contribution in [-0.4, -0.2) is 28.8 Å². The van der Waals surface area contributed by atoms with Crippen LogP contribution in [0.25, 0.3) is 0 Å². The largest absolute Gasteiger partial charge is 0.326 e. The molecule has 0 radical (unpaired) electrons. The first-order chi connectivity index (χ1) is 12.2. The van der Waals surface area contributed by atoms with Crippen LogP contribution in [0.1, 0.15) is 12.0 Å². The van der Waals surface area contributed by atoms with Crippen molar-refractivity contribution >= 4 is 34.4 Å². The van der Waals surface area contributed by atoms with Gasteiger partial charge >= 0.3 is 0 Å². The molecule has 2 aromatic rings. The van der Waals surface area contributed by atoms with Gasteiger partial charge in [0.15, 0.2) is 5.17 Å². The fourth-order valence-corrected chi connectivity index (χ4v) is 3.44. The summed E-state index contributed by atoms with van der Waals surface area (Å²) in [5, 5.41) is 5.71. The van der Waals surface area contributed by atoms with Crippen LogP contribution in [0.2, 0.25) is 0 Å². The molecule has 1 saturated heterocycles. The zero-order valence-electron chi connectivity index (χ0n) is 13.6. The number of para-hydroxylation sites is 1. The summed E-state index contributed by atoms with van der Waals surface area (Å²) in [4.78, 5) is 28.5. The Bertz CT molecular complexity index is 763. The minimum Gasteiger partial charge on any atom is -0.326 e. The lowest BCUT2D eigenvalue weighted by Gasteiger charge is -2.07. The summed E-state index contributed by atoms with van der Waals surface area (Å²) in [6.07, 6.45) is 0.947. The highest BCUT2D eigenvalue weighted by molar-refractivity contribution is 8.15. The number of carbonyl (C=O) groups excluding carboxylic acids is 2. The van der Waals surface area contributed by atoms with Crippen molar-refractivity contribution in [1.82, 2.24) is 5.32 Å². The predicted octanol–water partition coefficient (Wildman–Crippen LogP) is 2.85. The van der Waals surface area contributed by atoms with Crippen molar-refractivity contribution in [3.8, 4) is 0 Å². The van der Waals surface area contributed by atoms with Crippen molar-refractivity contribution in [2.24, 2.45) is 4.99 Å². The number of rotatable bonds is 6. The monoisotopic (exact) mass is 353 g/mol. The van der Waals surface area contributed by atoms with Crippen LogP contribution in [0.5, 0.6) is 0 Å². The van der Waals surface area contributed by atoms with Gasteiger partial charge in [-0.1, -0.05) is 60.3 Å². The minimum atomic E-state index is -0.431. The lowest BCUT2D eigenvalue weighted by Crippen LogP contribution is -2.28. The molecule has 1 aliphatic rings. The Balaban J connectivity index is 1.48. The molecule has 128 valence electrons. The molecule has 0 spiro atoms. The number of anilines is 1. The van der Waals surface area contributed by atoms with E-state index in [1.165, 1.54) is 17.3 Å². The van der Waals surface area contributed by atoms with E-state index in [0.717, 1.165) is 12.1 Å². The van der Waals surface area contributed by atoms with Gasteiger partial charge in [0, 0.05) is 18.7 Å². The number of amides is 2. The smallest absolute Gasteiger partial charge is 0.240 e. The second-order valence-corrected chi connectivity index (χ2v) is 6.83. The number of hydrogen-bond acceptors (Lipinski definition) is 4. The summed E-state index contributed by atoms with van der Waals surface area (Å²) in [5.41, 5.74) is 1.94. The van der Waals surface area contributed by atoms with E-state index in [0.29, 0.717) is 11.7 Å². The molecular formula is C19H19N3O2S. The van der Waals surface area contributed by atoms with Gasteiger partial charge in [-0.25, -0.2) is 0 Å². The Hall–Kier alpha value is -2.60. The Morgan fingerprint density at radius 1 is 1.08 bits per heavy atom. The number of benzene rings is 2. The lowest BCUT2D eigenvalue weighted by molar-refractivity contribution is -0.122. The average molecular weight is 353 g/mol. The molecule has 1 heterocycles. The molecule has 0 bridgehead atoms. The van der Waals surface area contributed by atoms with Crippen LogP contribution in [-0.2, 0) is 16.0 Å². The number of nitrogens with zero attached hydrogens (tertiary/aromatic N) is 1. The van der Waals surface area contributed by atoms with E-state index in [4.69, 9.17) is 0 Å². The molecular weight excluding hydrogens is 334 g/mol. The molecule has 1 fully saturated rings. The van der Waals surface area contributed by atoms with Gasteiger partial charge in [0.05, 0.1) is 0 Å². The maximum atomic E-state index is 12.1. The van der Waals surface area contributed by atoms with Crippen molar-refractivity contribution in [3.63, 3.8) is 0 Å². The van der Waals surface area contributed by atoms with E-state index in [9.17, 15) is 9.59 Å². The van der Waals surface area contributed by atoms with Crippen LogP contribution < -0.4 is 10.6 Å². The highest BCUT2D eigenvalue weighted by atomic mass is 32.2. The van der Waals surface area contributed by atoms with Crippen LogP contribution in [0.15, 0.2) is 65.7 Å². The molecule has 1 atom stereocenters. The third kappa shape index (κ3) is 5.19. The molecule has 6 heteroatoms. The third-order valence-electron chi connectivity index (χ3n) is 3.70. The van der Waals surface area contributed by atoms with Gasteiger partial charge in [-0.05, 0) is 24.1 Å². The molecule has 2 aromatic carbocycles. The molecule has 0 unspecified atom stereocenters. The van der Waals surface area contributed by atoms with Gasteiger partial charge in [-0.2, -0.15) is 0 Å². The third-order valence-corrected chi connectivity index (χ3v) is 4.82. The van der Waals surface area contributed by atoms with E-state index < -0.39 is 5.25 Å². The zero-order valence-corrected chi connectivity index (χ0v) is 14.5. The van der Waals surface area contributed by atoms with Crippen molar-refractivity contribution < 1.29 is 9.59 Å². The standard InChI is InChI=1S/C19H19N3O2S/c23-17(21-15-9-5-2-6-10-15)13-16-18(24)22-19(25-16)20-12-11-14-7-3-1-4-8-14/h1-10,16H,11-13H2,(H,21,23)(H,20,22,24)/t16-/m0/s1. The van der Waals surface area contributed by atoms with Crippen LogP contribution in [0, 0.1) is 0 Å². The molecule has 2 amide bonds. The Morgan fingerprint density at radius 3 is 2.48 bits per heavy atom. The van der Waals surface area contributed by atoms with Crippen LogP contribution in [0.4, 0.5) is 5.69 Å². The van der Waals surface area contributed by atoms with E-state index in [2.05, 4.69) is 27.8 Å². The Labute approximate surface area is 150 Å². The first-order valence-electron chi connectivity index (χ1n) is 8.11. The molecule has 0 saturated carbocycles. The molecule has 5 nitrogen and oxygen atoms in total. The normalized spacial score (nSPS) is 18.2. The predicted molar refractivity (Wildman–Crippen MR) is 102 cm³/mol. The quantitative estimate of drug-likeness (QED) is 0.839. The number of thioether (sulfide) groups is 1. The maximum Gasteiger partial charge on any atom is 0.240 e. The highest BCUT2D eigenvalue weighted by Gasteiger charge is 2.31. The van der Waals surface area contributed by atoms with Crippen molar-refractivity contribution in [2.45, 2.75) is 18.1 Å². The molecule has 1 aliphatic heterocycles. The summed E-state index contributed by atoms with van der Waals surface area (Å²) in [6, 6.07) is 19.3. The van der Waals surface area contributed by atoms with Crippen LogP contribution >= 0.6 is 11.8 Å². The second-order valence-electron chi connectivity index (χ2n) is 5.64. The molecule has 2 N–H and O–H groups in total. The first-order valence-corrected chi connectivity index (χ1v) is 8.99. The summed E-state index contributed by atoms with van der Waals surface area (Å²) in [6.45, 7) is 0.607. The summed E-state index contributed by atoms with van der Waals surface area (Å²) < 4.78 is 0. The number of aliphatic imine (C=N–C) groups is 1. The molecule has 0 aliphatic carbocycles. The second kappa shape index (κ2) is 8.48. The van der Waals surface area contributed by atoms with Gasteiger partial charge in [-0.3, -0.25) is 14.6 Å². The Morgan fingerprint density at radius 2 is 1.76 bits per heavy atom. The zero-order chi connectivity index (χ0) is 17.5. The molecule has 0 aromatic heterocycles. The van der Waals surface area contributed by atoms with Gasteiger partial charge in [0.2, 0.25) is 11.8 Å². The Kier molecular flexibility index (Phi) is 5.85. The SMILES string of the molecule is O=C(C[C@@H]1SC(=NCCc2ccccc2)NC1=O)Nc1ccccc1. The maximum absolute atomic E-state index is 12.1. The van der Waals surface area contributed by atoms with Crippen molar-refractivity contribution in [2.75, 3.05) is 11.9 Å². The lowest BCUT2D eigenvalue weighted by atomic mass is 10.2. The fourth-order valence-electron chi connectivity index (χ4n) is 2.45. The number of nitrogens with one attached hydrogen (secondary N) is 2. The minimum absolute atomic E-state index is 0.128. The van der Waals surface area contributed by atoms with Gasteiger partial charge in [0.1, 0.15) is 5.25 Å².